The molecule has 94 valence electrons. The number of methoxy groups -OCH3 is 1. The average Bonchev–Trinajstić information content (AvgIpc) is 2.35. The number of hydrogen-bond acceptors (Lipinski definition) is 3. The Balaban J connectivity index is 2.57. The molecule has 17 heavy (non-hydrogen) atoms. The van der Waals surface area contributed by atoms with Crippen LogP contribution in [0.3, 0.4) is 0 Å². The van der Waals surface area contributed by atoms with E-state index in [4.69, 9.17) is 10.5 Å². The predicted molar refractivity (Wildman–Crippen MR) is 68.1 cm³/mol. The maximum atomic E-state index is 11.8. The molecule has 1 unspecified atom stereocenters. The van der Waals surface area contributed by atoms with Gasteiger partial charge in [-0.1, -0.05) is 19.9 Å². The zero-order valence-electron chi connectivity index (χ0n) is 10.6. The molecule has 0 aliphatic heterocycles. The second-order valence-electron chi connectivity index (χ2n) is 4.35. The molecule has 1 atom stereocenters. The minimum atomic E-state index is -0.125. The molecule has 1 amide bonds. The first-order valence-electron chi connectivity index (χ1n) is 5.72. The number of hydrogen-bond donors (Lipinski definition) is 2. The van der Waals surface area contributed by atoms with E-state index >= 15 is 0 Å². The van der Waals surface area contributed by atoms with Gasteiger partial charge in [-0.05, 0) is 24.1 Å². The van der Waals surface area contributed by atoms with Gasteiger partial charge in [0.25, 0.3) is 5.91 Å². The van der Waals surface area contributed by atoms with Crippen LogP contribution in [-0.4, -0.2) is 25.6 Å². The lowest BCUT2D eigenvalue weighted by atomic mass is 10.1. The van der Waals surface area contributed by atoms with E-state index in [0.717, 1.165) is 0 Å². The highest BCUT2D eigenvalue weighted by molar-refractivity contribution is 5.94. The van der Waals surface area contributed by atoms with Crippen LogP contribution in [0.5, 0.6) is 5.75 Å². The molecule has 1 rings (SSSR count). The largest absolute Gasteiger partial charge is 0.497 e. The van der Waals surface area contributed by atoms with Gasteiger partial charge >= 0.3 is 0 Å². The third kappa shape index (κ3) is 4.07. The number of nitrogens with one attached hydrogen (secondary N) is 1. The molecule has 0 radical (unpaired) electrons. The number of carbonyl (C=O) groups is 1. The lowest BCUT2D eigenvalue weighted by Gasteiger charge is -2.16. The summed E-state index contributed by atoms with van der Waals surface area (Å²) < 4.78 is 5.06. The van der Waals surface area contributed by atoms with Crippen LogP contribution < -0.4 is 15.8 Å². The van der Waals surface area contributed by atoms with Gasteiger partial charge in [0, 0.05) is 18.2 Å². The van der Waals surface area contributed by atoms with Gasteiger partial charge in [0.15, 0.2) is 0 Å². The zero-order chi connectivity index (χ0) is 12.8. The van der Waals surface area contributed by atoms with E-state index in [2.05, 4.69) is 5.32 Å². The minimum Gasteiger partial charge on any atom is -0.497 e. The molecule has 0 aliphatic rings. The van der Waals surface area contributed by atoms with Crippen LogP contribution in [0.25, 0.3) is 0 Å². The molecular formula is C13H20N2O2. The molecule has 0 aromatic heterocycles. The Morgan fingerprint density at radius 3 is 2.76 bits per heavy atom. The van der Waals surface area contributed by atoms with Gasteiger partial charge < -0.3 is 15.8 Å². The standard InChI is InChI=1S/C13H20N2O2/c1-9(2)12(14)8-15-13(16)10-5-4-6-11(7-10)17-3/h4-7,9,12H,8,14H2,1-3H3,(H,15,16). The number of carbonyl (C=O) groups excluding carboxylic acids is 1. The van der Waals surface area contributed by atoms with Crippen molar-refractivity contribution in [2.24, 2.45) is 11.7 Å². The van der Waals surface area contributed by atoms with Crippen molar-refractivity contribution in [3.8, 4) is 5.75 Å². The highest BCUT2D eigenvalue weighted by atomic mass is 16.5. The van der Waals surface area contributed by atoms with Crippen molar-refractivity contribution >= 4 is 5.91 Å². The van der Waals surface area contributed by atoms with Crippen LogP contribution in [0.1, 0.15) is 24.2 Å². The van der Waals surface area contributed by atoms with Crippen molar-refractivity contribution in [1.82, 2.24) is 5.32 Å². The van der Waals surface area contributed by atoms with Crippen molar-refractivity contribution in [2.45, 2.75) is 19.9 Å². The van der Waals surface area contributed by atoms with Gasteiger partial charge in [0.1, 0.15) is 5.75 Å². The fraction of sp³-hybridized carbons (Fsp3) is 0.462. The first-order chi connectivity index (χ1) is 8.04. The van der Waals surface area contributed by atoms with Crippen LogP contribution >= 0.6 is 0 Å². The summed E-state index contributed by atoms with van der Waals surface area (Å²) in [5.41, 5.74) is 6.44. The average molecular weight is 236 g/mol. The normalized spacial score (nSPS) is 12.3. The van der Waals surface area contributed by atoms with Crippen molar-refractivity contribution in [3.05, 3.63) is 29.8 Å². The SMILES string of the molecule is COc1cccc(C(=O)NCC(N)C(C)C)c1. The summed E-state index contributed by atoms with van der Waals surface area (Å²) in [6.45, 7) is 4.54. The van der Waals surface area contributed by atoms with E-state index in [9.17, 15) is 4.79 Å². The topological polar surface area (TPSA) is 64.3 Å². The maximum absolute atomic E-state index is 11.8. The number of nitrogens with two attached hydrogens (primary N) is 1. The Hall–Kier alpha value is -1.55. The Bertz CT molecular complexity index is 377. The van der Waals surface area contributed by atoms with Crippen LogP contribution in [0, 0.1) is 5.92 Å². The van der Waals surface area contributed by atoms with E-state index in [0.29, 0.717) is 23.8 Å². The van der Waals surface area contributed by atoms with Crippen molar-refractivity contribution < 1.29 is 9.53 Å². The summed E-state index contributed by atoms with van der Waals surface area (Å²) >= 11 is 0. The summed E-state index contributed by atoms with van der Waals surface area (Å²) in [5.74, 6) is 0.895. The van der Waals surface area contributed by atoms with E-state index in [1.54, 1.807) is 31.4 Å². The molecule has 1 aromatic rings. The smallest absolute Gasteiger partial charge is 0.251 e. The highest BCUT2D eigenvalue weighted by Gasteiger charge is 2.11. The first-order valence-corrected chi connectivity index (χ1v) is 5.72. The fourth-order valence-corrected chi connectivity index (χ4v) is 1.31. The monoisotopic (exact) mass is 236 g/mol. The third-order valence-electron chi connectivity index (χ3n) is 2.69. The molecule has 3 N–H and O–H groups in total. The molecule has 0 aliphatic carbocycles. The van der Waals surface area contributed by atoms with Crippen LogP contribution in [-0.2, 0) is 0 Å². The van der Waals surface area contributed by atoms with Gasteiger partial charge in [-0.25, -0.2) is 0 Å². The van der Waals surface area contributed by atoms with Crippen molar-refractivity contribution in [1.29, 1.82) is 0 Å². The summed E-state index contributed by atoms with van der Waals surface area (Å²) in [5, 5.41) is 2.81. The molecule has 0 saturated carbocycles. The molecule has 0 bridgehead atoms. The van der Waals surface area contributed by atoms with Crippen molar-refractivity contribution in [2.75, 3.05) is 13.7 Å². The predicted octanol–water partition coefficient (Wildman–Crippen LogP) is 1.41. The molecule has 0 fully saturated rings. The summed E-state index contributed by atoms with van der Waals surface area (Å²) in [7, 11) is 1.58. The van der Waals surface area contributed by atoms with Crippen LogP contribution in [0.2, 0.25) is 0 Å². The maximum Gasteiger partial charge on any atom is 0.251 e. The van der Waals surface area contributed by atoms with E-state index in [1.165, 1.54) is 0 Å². The molecular weight excluding hydrogens is 216 g/mol. The number of benzene rings is 1. The molecule has 0 heterocycles. The molecule has 0 spiro atoms. The molecule has 4 heteroatoms. The summed E-state index contributed by atoms with van der Waals surface area (Å²) in [4.78, 5) is 11.8. The molecule has 1 aromatic carbocycles. The second kappa shape index (κ2) is 6.25. The van der Waals surface area contributed by atoms with Crippen LogP contribution in [0.15, 0.2) is 24.3 Å². The van der Waals surface area contributed by atoms with Gasteiger partial charge in [-0.3, -0.25) is 4.79 Å². The molecule has 0 saturated heterocycles. The Labute approximate surface area is 102 Å². The third-order valence-corrected chi connectivity index (χ3v) is 2.69. The highest BCUT2D eigenvalue weighted by Crippen LogP contribution is 2.12. The quantitative estimate of drug-likeness (QED) is 0.812. The number of amides is 1. The number of rotatable bonds is 5. The van der Waals surface area contributed by atoms with E-state index in [1.807, 2.05) is 13.8 Å². The van der Waals surface area contributed by atoms with E-state index < -0.39 is 0 Å². The Kier molecular flexibility index (Phi) is 4.97. The second-order valence-corrected chi connectivity index (χ2v) is 4.35. The lowest BCUT2D eigenvalue weighted by Crippen LogP contribution is -2.40. The van der Waals surface area contributed by atoms with Gasteiger partial charge in [-0.15, -0.1) is 0 Å². The Morgan fingerprint density at radius 1 is 1.47 bits per heavy atom. The van der Waals surface area contributed by atoms with E-state index in [-0.39, 0.29) is 11.9 Å². The molecule has 4 nitrogen and oxygen atoms in total. The minimum absolute atomic E-state index is 0.0236. The lowest BCUT2D eigenvalue weighted by molar-refractivity contribution is 0.0949. The Morgan fingerprint density at radius 2 is 2.18 bits per heavy atom. The summed E-state index contributed by atoms with van der Waals surface area (Å²) in [6, 6.07) is 7.02. The van der Waals surface area contributed by atoms with Gasteiger partial charge in [-0.2, -0.15) is 0 Å². The zero-order valence-corrected chi connectivity index (χ0v) is 10.6. The van der Waals surface area contributed by atoms with Gasteiger partial charge in [0.05, 0.1) is 7.11 Å². The van der Waals surface area contributed by atoms with Crippen molar-refractivity contribution in [3.63, 3.8) is 0 Å². The first kappa shape index (κ1) is 13.5. The summed E-state index contributed by atoms with van der Waals surface area (Å²) in [6.07, 6.45) is 0. The fourth-order valence-electron chi connectivity index (χ4n) is 1.31. The number of ether oxygens (including phenoxy) is 1. The van der Waals surface area contributed by atoms with Crippen LogP contribution in [0.4, 0.5) is 0 Å². The van der Waals surface area contributed by atoms with Gasteiger partial charge in [0.2, 0.25) is 0 Å².